The summed E-state index contributed by atoms with van der Waals surface area (Å²) in [6.45, 7) is 1.92. The first kappa shape index (κ1) is 10.7. The maximum Gasteiger partial charge on any atom is 0.317 e. The van der Waals surface area contributed by atoms with Crippen molar-refractivity contribution in [3.63, 3.8) is 0 Å². The molecule has 5 heteroatoms. The van der Waals surface area contributed by atoms with Crippen molar-refractivity contribution in [3.8, 4) is 0 Å². The fraction of sp³-hybridized carbons (Fsp3) is 0.667. The van der Waals surface area contributed by atoms with Crippen LogP contribution >= 0.6 is 0 Å². The zero-order valence-electron chi connectivity index (χ0n) is 7.95. The number of ketones is 1. The van der Waals surface area contributed by atoms with Crippen molar-refractivity contribution in [1.82, 2.24) is 0 Å². The van der Waals surface area contributed by atoms with Crippen LogP contribution in [0.3, 0.4) is 0 Å². The van der Waals surface area contributed by atoms with E-state index in [9.17, 15) is 14.4 Å². The topological polar surface area (TPSA) is 69.7 Å². The Morgan fingerprint density at radius 3 is 2.93 bits per heavy atom. The zero-order chi connectivity index (χ0) is 10.6. The molecule has 0 amide bonds. The normalized spacial score (nSPS) is 22.5. The lowest BCUT2D eigenvalue weighted by Crippen LogP contribution is -2.26. The lowest BCUT2D eigenvalue weighted by atomic mass is 9.99. The second-order valence-electron chi connectivity index (χ2n) is 2.95. The van der Waals surface area contributed by atoms with Crippen LogP contribution < -0.4 is 0 Å². The average molecular weight is 200 g/mol. The van der Waals surface area contributed by atoms with Gasteiger partial charge < -0.3 is 9.47 Å². The number of cyclic esters (lactones) is 1. The summed E-state index contributed by atoms with van der Waals surface area (Å²) >= 11 is 0. The van der Waals surface area contributed by atoms with E-state index in [2.05, 4.69) is 9.47 Å². The van der Waals surface area contributed by atoms with Gasteiger partial charge >= 0.3 is 11.9 Å². The van der Waals surface area contributed by atoms with E-state index in [4.69, 9.17) is 0 Å². The standard InChI is InChI=1S/C9H12O5/c1-2-13-9(12)6-5-8(11)14-4-3-7(6)10/h6H,2-5H2,1H3. The molecule has 0 aromatic heterocycles. The van der Waals surface area contributed by atoms with Crippen molar-refractivity contribution in [2.45, 2.75) is 19.8 Å². The molecule has 1 fully saturated rings. The maximum absolute atomic E-state index is 11.3. The van der Waals surface area contributed by atoms with E-state index in [-0.39, 0.29) is 31.8 Å². The molecule has 1 aliphatic rings. The molecule has 1 atom stereocenters. The third-order valence-electron chi connectivity index (χ3n) is 1.94. The number of ether oxygens (including phenoxy) is 2. The smallest absolute Gasteiger partial charge is 0.317 e. The molecule has 0 N–H and O–H groups in total. The van der Waals surface area contributed by atoms with E-state index >= 15 is 0 Å². The van der Waals surface area contributed by atoms with Gasteiger partial charge in [0.2, 0.25) is 0 Å². The predicted octanol–water partition coefficient (Wildman–Crippen LogP) is 0.0718. The fourth-order valence-electron chi connectivity index (χ4n) is 1.24. The Morgan fingerprint density at radius 1 is 1.57 bits per heavy atom. The molecule has 0 bridgehead atoms. The Morgan fingerprint density at radius 2 is 2.29 bits per heavy atom. The Kier molecular flexibility index (Phi) is 3.62. The van der Waals surface area contributed by atoms with Crippen molar-refractivity contribution in [2.24, 2.45) is 5.92 Å². The minimum absolute atomic E-state index is 0.0631. The van der Waals surface area contributed by atoms with Gasteiger partial charge in [0.15, 0.2) is 5.78 Å². The first-order chi connectivity index (χ1) is 6.65. The highest BCUT2D eigenvalue weighted by Gasteiger charge is 2.33. The molecular formula is C9H12O5. The van der Waals surface area contributed by atoms with Gasteiger partial charge in [0.05, 0.1) is 19.6 Å². The molecule has 0 spiro atoms. The first-order valence-electron chi connectivity index (χ1n) is 4.50. The number of rotatable bonds is 2. The minimum atomic E-state index is -0.968. The Bertz CT molecular complexity index is 258. The number of Topliss-reactive ketones (excluding diaryl/α,β-unsaturated/α-hetero) is 1. The van der Waals surface area contributed by atoms with Crippen LogP contribution in [0.1, 0.15) is 19.8 Å². The van der Waals surface area contributed by atoms with Gasteiger partial charge in [-0.25, -0.2) is 0 Å². The predicted molar refractivity (Wildman–Crippen MR) is 45.3 cm³/mol. The third-order valence-corrected chi connectivity index (χ3v) is 1.94. The molecule has 1 rings (SSSR count). The Hall–Kier alpha value is -1.39. The molecule has 1 unspecified atom stereocenters. The second kappa shape index (κ2) is 4.74. The molecule has 0 aromatic rings. The monoisotopic (exact) mass is 200 g/mol. The molecule has 0 aliphatic carbocycles. The van der Waals surface area contributed by atoms with Gasteiger partial charge in [-0.2, -0.15) is 0 Å². The third kappa shape index (κ3) is 2.55. The van der Waals surface area contributed by atoms with E-state index in [0.717, 1.165) is 0 Å². The quantitative estimate of drug-likeness (QED) is 0.466. The summed E-state index contributed by atoms with van der Waals surface area (Å²) < 4.78 is 9.35. The van der Waals surface area contributed by atoms with Crippen LogP contribution in [0.2, 0.25) is 0 Å². The lowest BCUT2D eigenvalue weighted by molar-refractivity contribution is -0.155. The first-order valence-corrected chi connectivity index (χ1v) is 4.50. The molecule has 0 saturated carbocycles. The molecular weight excluding hydrogens is 188 g/mol. The molecule has 1 saturated heterocycles. The van der Waals surface area contributed by atoms with Gasteiger partial charge in [-0.05, 0) is 6.92 Å². The van der Waals surface area contributed by atoms with Crippen LogP contribution in [0.15, 0.2) is 0 Å². The summed E-state index contributed by atoms with van der Waals surface area (Å²) in [6.07, 6.45) is -0.104. The van der Waals surface area contributed by atoms with Crippen LogP contribution in [-0.2, 0) is 23.9 Å². The average Bonchev–Trinajstić information content (AvgIpc) is 2.29. The van der Waals surface area contributed by atoms with E-state index < -0.39 is 17.9 Å². The van der Waals surface area contributed by atoms with Crippen molar-refractivity contribution < 1.29 is 23.9 Å². The molecule has 1 heterocycles. The van der Waals surface area contributed by atoms with Gasteiger partial charge in [-0.1, -0.05) is 0 Å². The van der Waals surface area contributed by atoms with E-state index in [0.29, 0.717) is 0 Å². The van der Waals surface area contributed by atoms with Crippen LogP contribution in [0.5, 0.6) is 0 Å². The van der Waals surface area contributed by atoms with Gasteiger partial charge in [0.25, 0.3) is 0 Å². The number of hydrogen-bond acceptors (Lipinski definition) is 5. The molecule has 0 aromatic carbocycles. The minimum Gasteiger partial charge on any atom is -0.465 e. The highest BCUT2D eigenvalue weighted by atomic mass is 16.5. The summed E-state index contributed by atoms with van der Waals surface area (Å²) in [5.41, 5.74) is 0. The van der Waals surface area contributed by atoms with Crippen molar-refractivity contribution in [1.29, 1.82) is 0 Å². The summed E-state index contributed by atoms with van der Waals surface area (Å²) in [4.78, 5) is 33.6. The van der Waals surface area contributed by atoms with Gasteiger partial charge in [-0.3, -0.25) is 14.4 Å². The number of esters is 2. The lowest BCUT2D eigenvalue weighted by Gasteiger charge is -2.08. The molecule has 78 valence electrons. The Balaban J connectivity index is 2.67. The summed E-state index contributed by atoms with van der Waals surface area (Å²) in [5, 5.41) is 0. The number of hydrogen-bond donors (Lipinski definition) is 0. The van der Waals surface area contributed by atoms with Crippen molar-refractivity contribution in [2.75, 3.05) is 13.2 Å². The summed E-state index contributed by atoms with van der Waals surface area (Å²) in [7, 11) is 0. The maximum atomic E-state index is 11.3. The Labute approximate surface area is 81.4 Å². The SMILES string of the molecule is CCOC(=O)C1CC(=O)OCCC1=O. The van der Waals surface area contributed by atoms with Gasteiger partial charge in [0, 0.05) is 6.42 Å². The van der Waals surface area contributed by atoms with E-state index in [1.165, 1.54) is 0 Å². The molecule has 1 aliphatic heterocycles. The number of carbonyl (C=O) groups is 3. The highest BCUT2D eigenvalue weighted by Crippen LogP contribution is 2.14. The van der Waals surface area contributed by atoms with E-state index in [1.807, 2.05) is 0 Å². The zero-order valence-corrected chi connectivity index (χ0v) is 7.95. The largest absolute Gasteiger partial charge is 0.465 e. The van der Waals surface area contributed by atoms with Crippen LogP contribution in [0.4, 0.5) is 0 Å². The summed E-state index contributed by atoms with van der Waals surface area (Å²) in [6, 6.07) is 0. The second-order valence-corrected chi connectivity index (χ2v) is 2.95. The summed E-state index contributed by atoms with van der Waals surface area (Å²) in [5.74, 6) is -2.40. The molecule has 14 heavy (non-hydrogen) atoms. The molecule has 5 nitrogen and oxygen atoms in total. The van der Waals surface area contributed by atoms with Gasteiger partial charge in [0.1, 0.15) is 5.92 Å². The van der Waals surface area contributed by atoms with Crippen LogP contribution in [0.25, 0.3) is 0 Å². The van der Waals surface area contributed by atoms with Crippen LogP contribution in [-0.4, -0.2) is 30.9 Å². The number of carbonyl (C=O) groups excluding carboxylic acids is 3. The molecule has 0 radical (unpaired) electrons. The van der Waals surface area contributed by atoms with Gasteiger partial charge in [-0.15, -0.1) is 0 Å². The van der Waals surface area contributed by atoms with Crippen molar-refractivity contribution in [3.05, 3.63) is 0 Å². The van der Waals surface area contributed by atoms with Crippen LogP contribution in [0, 0.1) is 5.92 Å². The van der Waals surface area contributed by atoms with Crippen molar-refractivity contribution >= 4 is 17.7 Å². The van der Waals surface area contributed by atoms with E-state index in [1.54, 1.807) is 6.92 Å². The highest BCUT2D eigenvalue weighted by molar-refractivity contribution is 6.02. The fourth-order valence-corrected chi connectivity index (χ4v) is 1.24.